The number of urea groups is 1. The van der Waals surface area contributed by atoms with E-state index in [4.69, 9.17) is 0 Å². The van der Waals surface area contributed by atoms with Gasteiger partial charge in [-0.05, 0) is 53.6 Å². The third-order valence-corrected chi connectivity index (χ3v) is 4.45. The van der Waals surface area contributed by atoms with E-state index < -0.39 is 6.09 Å². The van der Waals surface area contributed by atoms with Gasteiger partial charge in [-0.25, -0.2) is 9.59 Å². The summed E-state index contributed by atoms with van der Waals surface area (Å²) >= 11 is 0. The number of aryl methyl sites for hydroxylation is 2. The van der Waals surface area contributed by atoms with Gasteiger partial charge in [0, 0.05) is 18.8 Å². The molecule has 0 heterocycles. The zero-order valence-corrected chi connectivity index (χ0v) is 14.8. The van der Waals surface area contributed by atoms with Crippen molar-refractivity contribution in [1.29, 1.82) is 0 Å². The minimum Gasteiger partial charge on any atom is -0.453 e. The second-order valence-electron chi connectivity index (χ2n) is 6.31. The lowest BCUT2D eigenvalue weighted by atomic mass is 10.1. The van der Waals surface area contributed by atoms with Gasteiger partial charge in [-0.2, -0.15) is 0 Å². The predicted molar refractivity (Wildman–Crippen MR) is 100 cm³/mol. The van der Waals surface area contributed by atoms with Crippen molar-refractivity contribution in [3.8, 4) is 0 Å². The van der Waals surface area contributed by atoms with E-state index in [1.807, 2.05) is 12.1 Å². The molecule has 6 heteroatoms. The van der Waals surface area contributed by atoms with Crippen LogP contribution in [-0.2, 0) is 30.7 Å². The number of fused-ring (bicyclic) bond motifs is 1. The van der Waals surface area contributed by atoms with Crippen molar-refractivity contribution in [3.05, 3.63) is 64.7 Å². The normalized spacial score (nSPS) is 12.2. The van der Waals surface area contributed by atoms with Crippen molar-refractivity contribution in [3.63, 3.8) is 0 Å². The maximum Gasteiger partial charge on any atom is 0.411 e. The standard InChI is InChI=1S/C20H23N3O3/c1-26-20(25)23-18-9-6-14(7-10-18)12-21-19(24)22-13-15-5-8-16-3-2-4-17(16)11-15/h5-11H,2-4,12-13H2,1H3,(H,23,25)(H2,21,22,24). The molecular weight excluding hydrogens is 330 g/mol. The summed E-state index contributed by atoms with van der Waals surface area (Å²) in [6.07, 6.45) is 3.01. The SMILES string of the molecule is COC(=O)Nc1ccc(CNC(=O)NCc2ccc3c(c2)CCC3)cc1. The predicted octanol–water partition coefficient (Wildman–Crippen LogP) is 3.35. The molecule has 3 N–H and O–H groups in total. The van der Waals surface area contributed by atoms with E-state index in [0.717, 1.165) is 24.0 Å². The topological polar surface area (TPSA) is 79.5 Å². The second-order valence-corrected chi connectivity index (χ2v) is 6.31. The molecule has 0 aliphatic heterocycles. The van der Waals surface area contributed by atoms with E-state index in [0.29, 0.717) is 18.8 Å². The third kappa shape index (κ3) is 4.75. The summed E-state index contributed by atoms with van der Waals surface area (Å²) in [5.74, 6) is 0. The minimum atomic E-state index is -0.512. The van der Waals surface area contributed by atoms with Gasteiger partial charge in [-0.1, -0.05) is 30.3 Å². The largest absolute Gasteiger partial charge is 0.453 e. The molecule has 0 aromatic heterocycles. The Balaban J connectivity index is 1.43. The van der Waals surface area contributed by atoms with Crippen molar-refractivity contribution < 1.29 is 14.3 Å². The molecule has 0 atom stereocenters. The minimum absolute atomic E-state index is 0.206. The first kappa shape index (κ1) is 17.8. The number of carbonyl (C=O) groups excluding carboxylic acids is 2. The van der Waals surface area contributed by atoms with Gasteiger partial charge in [-0.3, -0.25) is 5.32 Å². The highest BCUT2D eigenvalue weighted by molar-refractivity contribution is 5.84. The fraction of sp³-hybridized carbons (Fsp3) is 0.300. The van der Waals surface area contributed by atoms with Gasteiger partial charge in [0.2, 0.25) is 0 Å². The van der Waals surface area contributed by atoms with E-state index in [9.17, 15) is 9.59 Å². The molecular formula is C20H23N3O3. The van der Waals surface area contributed by atoms with Crippen LogP contribution in [0.5, 0.6) is 0 Å². The molecule has 3 rings (SSSR count). The Hall–Kier alpha value is -3.02. The zero-order valence-electron chi connectivity index (χ0n) is 14.8. The van der Waals surface area contributed by atoms with Crippen LogP contribution in [0, 0.1) is 0 Å². The Kier molecular flexibility index (Phi) is 5.73. The molecule has 0 fully saturated rings. The summed E-state index contributed by atoms with van der Waals surface area (Å²) in [6.45, 7) is 0.926. The van der Waals surface area contributed by atoms with E-state index in [2.05, 4.69) is 38.9 Å². The molecule has 2 aromatic rings. The zero-order chi connectivity index (χ0) is 18.4. The maximum absolute atomic E-state index is 12.0. The Labute approximate surface area is 152 Å². The van der Waals surface area contributed by atoms with Crippen molar-refractivity contribution in [2.75, 3.05) is 12.4 Å². The van der Waals surface area contributed by atoms with Crippen LogP contribution in [0.1, 0.15) is 28.7 Å². The molecule has 1 aliphatic carbocycles. The number of carbonyl (C=O) groups is 2. The summed E-state index contributed by atoms with van der Waals surface area (Å²) in [6, 6.07) is 13.4. The lowest BCUT2D eigenvalue weighted by Gasteiger charge is -2.10. The van der Waals surface area contributed by atoms with Crippen LogP contribution in [0.3, 0.4) is 0 Å². The quantitative estimate of drug-likeness (QED) is 0.771. The van der Waals surface area contributed by atoms with Gasteiger partial charge < -0.3 is 15.4 Å². The van der Waals surface area contributed by atoms with Crippen LogP contribution < -0.4 is 16.0 Å². The van der Waals surface area contributed by atoms with E-state index in [-0.39, 0.29) is 6.03 Å². The van der Waals surface area contributed by atoms with Gasteiger partial charge in [0.1, 0.15) is 0 Å². The summed E-state index contributed by atoms with van der Waals surface area (Å²) in [4.78, 5) is 23.1. The van der Waals surface area contributed by atoms with Crippen LogP contribution in [-0.4, -0.2) is 19.2 Å². The average Bonchev–Trinajstić information content (AvgIpc) is 3.13. The number of amides is 3. The fourth-order valence-corrected chi connectivity index (χ4v) is 3.04. The number of methoxy groups -OCH3 is 1. The van der Waals surface area contributed by atoms with E-state index >= 15 is 0 Å². The number of anilines is 1. The van der Waals surface area contributed by atoms with Gasteiger partial charge in [0.05, 0.1) is 7.11 Å². The molecule has 0 saturated carbocycles. The number of benzene rings is 2. The number of hydrogen-bond acceptors (Lipinski definition) is 3. The maximum atomic E-state index is 12.0. The molecule has 26 heavy (non-hydrogen) atoms. The lowest BCUT2D eigenvalue weighted by Crippen LogP contribution is -2.34. The first-order valence-electron chi connectivity index (χ1n) is 8.70. The Morgan fingerprint density at radius 3 is 2.31 bits per heavy atom. The fourth-order valence-electron chi connectivity index (χ4n) is 3.04. The molecule has 0 spiro atoms. The van der Waals surface area contributed by atoms with Crippen molar-refractivity contribution in [1.82, 2.24) is 10.6 Å². The van der Waals surface area contributed by atoms with Gasteiger partial charge in [0.25, 0.3) is 0 Å². The Morgan fingerprint density at radius 1 is 0.923 bits per heavy atom. The van der Waals surface area contributed by atoms with Gasteiger partial charge in [-0.15, -0.1) is 0 Å². The lowest BCUT2D eigenvalue weighted by molar-refractivity contribution is 0.187. The van der Waals surface area contributed by atoms with Gasteiger partial charge in [0.15, 0.2) is 0 Å². The van der Waals surface area contributed by atoms with Crippen molar-refractivity contribution in [2.24, 2.45) is 0 Å². The monoisotopic (exact) mass is 353 g/mol. The van der Waals surface area contributed by atoms with Gasteiger partial charge >= 0.3 is 12.1 Å². The van der Waals surface area contributed by atoms with Crippen molar-refractivity contribution >= 4 is 17.8 Å². The number of ether oxygens (including phenoxy) is 1. The Bertz CT molecular complexity index is 787. The smallest absolute Gasteiger partial charge is 0.411 e. The summed E-state index contributed by atoms with van der Waals surface area (Å²) in [5, 5.41) is 8.29. The summed E-state index contributed by atoms with van der Waals surface area (Å²) in [7, 11) is 1.31. The first-order chi connectivity index (χ1) is 12.6. The average molecular weight is 353 g/mol. The molecule has 2 aromatic carbocycles. The van der Waals surface area contributed by atoms with Crippen LogP contribution >= 0.6 is 0 Å². The van der Waals surface area contributed by atoms with Crippen molar-refractivity contribution in [2.45, 2.75) is 32.4 Å². The highest BCUT2D eigenvalue weighted by Gasteiger charge is 2.11. The number of hydrogen-bond donors (Lipinski definition) is 3. The molecule has 6 nitrogen and oxygen atoms in total. The number of nitrogens with one attached hydrogen (secondary N) is 3. The second kappa shape index (κ2) is 8.38. The molecule has 0 radical (unpaired) electrons. The molecule has 0 saturated heterocycles. The van der Waals surface area contributed by atoms with E-state index in [1.54, 1.807) is 12.1 Å². The molecule has 1 aliphatic rings. The molecule has 136 valence electrons. The van der Waals surface area contributed by atoms with Crippen LogP contribution in [0.2, 0.25) is 0 Å². The van der Waals surface area contributed by atoms with Crippen LogP contribution in [0.4, 0.5) is 15.3 Å². The highest BCUT2D eigenvalue weighted by atomic mass is 16.5. The summed E-state index contributed by atoms with van der Waals surface area (Å²) < 4.78 is 4.54. The van der Waals surface area contributed by atoms with E-state index in [1.165, 1.54) is 24.7 Å². The van der Waals surface area contributed by atoms with Crippen LogP contribution in [0.25, 0.3) is 0 Å². The molecule has 0 bridgehead atoms. The summed E-state index contributed by atoms with van der Waals surface area (Å²) in [5.41, 5.74) is 5.54. The third-order valence-electron chi connectivity index (χ3n) is 4.45. The molecule has 0 unspecified atom stereocenters. The van der Waals surface area contributed by atoms with Crippen LogP contribution in [0.15, 0.2) is 42.5 Å². The first-order valence-corrected chi connectivity index (χ1v) is 8.70. The Morgan fingerprint density at radius 2 is 1.58 bits per heavy atom. The highest BCUT2D eigenvalue weighted by Crippen LogP contribution is 2.22. The number of rotatable bonds is 5. The molecule has 3 amide bonds.